The Morgan fingerprint density at radius 3 is 2.33 bits per heavy atom. The van der Waals surface area contributed by atoms with Crippen LogP contribution in [-0.2, 0) is 4.74 Å². The third-order valence-corrected chi connectivity index (χ3v) is 2.78. The van der Waals surface area contributed by atoms with Crippen LogP contribution in [0.1, 0.15) is 53.9 Å². The first-order valence-electron chi connectivity index (χ1n) is 5.91. The molecule has 0 aromatic carbocycles. The summed E-state index contributed by atoms with van der Waals surface area (Å²) in [6, 6.07) is 0. The van der Waals surface area contributed by atoms with Crippen molar-refractivity contribution in [1.82, 2.24) is 0 Å². The van der Waals surface area contributed by atoms with Crippen LogP contribution in [0, 0.1) is 11.8 Å². The van der Waals surface area contributed by atoms with Gasteiger partial charge in [-0.3, -0.25) is 0 Å². The molecule has 0 rings (SSSR count). The van der Waals surface area contributed by atoms with Gasteiger partial charge < -0.3 is 4.74 Å². The minimum atomic E-state index is -1.20. The summed E-state index contributed by atoms with van der Waals surface area (Å²) >= 11 is 0. The van der Waals surface area contributed by atoms with Gasteiger partial charge in [-0.1, -0.05) is 27.2 Å². The number of alkyl halides is 1. The lowest BCUT2D eigenvalue weighted by Gasteiger charge is -2.14. The van der Waals surface area contributed by atoms with Crippen LogP contribution in [0.15, 0.2) is 11.8 Å². The molecule has 0 aliphatic rings. The third kappa shape index (κ3) is 8.46. The van der Waals surface area contributed by atoms with Crippen molar-refractivity contribution in [2.45, 2.75) is 60.2 Å². The summed E-state index contributed by atoms with van der Waals surface area (Å²) in [5.41, 5.74) is 0. The van der Waals surface area contributed by atoms with Crippen LogP contribution in [0.5, 0.6) is 0 Å². The van der Waals surface area contributed by atoms with E-state index in [-0.39, 0.29) is 0 Å². The topological polar surface area (TPSA) is 9.23 Å². The molecule has 0 saturated heterocycles. The largest absolute Gasteiger partial charge is 0.466 e. The molecule has 0 spiro atoms. The number of unbranched alkanes of at least 4 members (excludes halogenated alkanes) is 1. The van der Waals surface area contributed by atoms with Crippen molar-refractivity contribution < 1.29 is 9.13 Å². The molecule has 0 aromatic heterocycles. The molecule has 0 saturated carbocycles. The normalized spacial score (nSPS) is 16.6. The molecule has 1 nitrogen and oxygen atoms in total. The molecule has 2 unspecified atom stereocenters. The molecule has 0 aliphatic carbocycles. The van der Waals surface area contributed by atoms with Crippen molar-refractivity contribution in [3.8, 4) is 0 Å². The number of hydrogen-bond acceptors (Lipinski definition) is 1. The Balaban J connectivity index is 3.60. The van der Waals surface area contributed by atoms with Gasteiger partial charge in [0.25, 0.3) is 0 Å². The SMILES string of the molecule is CC(=CCCCC(C)C(C)C)OC(C)F. The van der Waals surface area contributed by atoms with E-state index >= 15 is 0 Å². The molecule has 15 heavy (non-hydrogen) atoms. The molecule has 0 aliphatic heterocycles. The van der Waals surface area contributed by atoms with Gasteiger partial charge in [0.1, 0.15) is 0 Å². The maximum Gasteiger partial charge on any atom is 0.235 e. The Morgan fingerprint density at radius 2 is 1.87 bits per heavy atom. The summed E-state index contributed by atoms with van der Waals surface area (Å²) < 4.78 is 17.3. The molecule has 2 atom stereocenters. The van der Waals surface area contributed by atoms with Crippen molar-refractivity contribution in [3.63, 3.8) is 0 Å². The van der Waals surface area contributed by atoms with Crippen LogP contribution in [0.4, 0.5) is 4.39 Å². The van der Waals surface area contributed by atoms with E-state index in [2.05, 4.69) is 20.8 Å². The predicted molar refractivity (Wildman–Crippen MR) is 63.3 cm³/mol. The summed E-state index contributed by atoms with van der Waals surface area (Å²) in [5.74, 6) is 2.21. The van der Waals surface area contributed by atoms with Crippen LogP contribution in [-0.4, -0.2) is 6.36 Å². The van der Waals surface area contributed by atoms with Gasteiger partial charge in [0.05, 0.1) is 5.76 Å². The van der Waals surface area contributed by atoms with Crippen molar-refractivity contribution in [3.05, 3.63) is 11.8 Å². The molecule has 0 heterocycles. The smallest absolute Gasteiger partial charge is 0.235 e. The lowest BCUT2D eigenvalue weighted by molar-refractivity contribution is 0.0226. The Morgan fingerprint density at radius 1 is 1.27 bits per heavy atom. The first-order valence-corrected chi connectivity index (χ1v) is 5.91. The van der Waals surface area contributed by atoms with E-state index in [9.17, 15) is 4.39 Å². The number of allylic oxidation sites excluding steroid dienone is 2. The molecule has 0 fully saturated rings. The fourth-order valence-electron chi connectivity index (χ4n) is 1.38. The lowest BCUT2D eigenvalue weighted by atomic mass is 9.93. The predicted octanol–water partition coefficient (Wildman–Crippen LogP) is 4.68. The van der Waals surface area contributed by atoms with Gasteiger partial charge in [0.2, 0.25) is 6.36 Å². The van der Waals surface area contributed by atoms with E-state index < -0.39 is 6.36 Å². The second-order valence-electron chi connectivity index (χ2n) is 4.63. The maximum absolute atomic E-state index is 12.4. The zero-order valence-corrected chi connectivity index (χ0v) is 10.7. The number of ether oxygens (including phenoxy) is 1. The highest BCUT2D eigenvalue weighted by molar-refractivity contribution is 4.88. The fourth-order valence-corrected chi connectivity index (χ4v) is 1.38. The summed E-state index contributed by atoms with van der Waals surface area (Å²) in [4.78, 5) is 0. The van der Waals surface area contributed by atoms with Crippen LogP contribution in [0.3, 0.4) is 0 Å². The molecule has 0 radical (unpaired) electrons. The Labute approximate surface area is 93.7 Å². The van der Waals surface area contributed by atoms with Crippen molar-refractivity contribution in [2.75, 3.05) is 0 Å². The number of halogens is 1. The summed E-state index contributed by atoms with van der Waals surface area (Å²) in [7, 11) is 0. The average molecular weight is 216 g/mol. The monoisotopic (exact) mass is 216 g/mol. The first kappa shape index (κ1) is 14.5. The van der Waals surface area contributed by atoms with Gasteiger partial charge in [-0.25, -0.2) is 4.39 Å². The van der Waals surface area contributed by atoms with Crippen molar-refractivity contribution in [2.24, 2.45) is 11.8 Å². The number of rotatable bonds is 7. The fraction of sp³-hybridized carbons (Fsp3) is 0.846. The van der Waals surface area contributed by atoms with Gasteiger partial charge in [-0.2, -0.15) is 0 Å². The summed E-state index contributed by atoms with van der Waals surface area (Å²) in [6.07, 6.45) is 4.14. The van der Waals surface area contributed by atoms with Gasteiger partial charge in [0.15, 0.2) is 0 Å². The van der Waals surface area contributed by atoms with Crippen LogP contribution in [0.25, 0.3) is 0 Å². The van der Waals surface area contributed by atoms with Crippen molar-refractivity contribution in [1.29, 1.82) is 0 Å². The lowest BCUT2D eigenvalue weighted by Crippen LogP contribution is -2.03. The van der Waals surface area contributed by atoms with E-state index in [0.29, 0.717) is 5.76 Å². The van der Waals surface area contributed by atoms with Crippen LogP contribution in [0.2, 0.25) is 0 Å². The van der Waals surface area contributed by atoms with Crippen LogP contribution < -0.4 is 0 Å². The quantitative estimate of drug-likeness (QED) is 0.443. The highest BCUT2D eigenvalue weighted by Gasteiger charge is 2.05. The molecule has 90 valence electrons. The second-order valence-corrected chi connectivity index (χ2v) is 4.63. The Bertz CT molecular complexity index is 185. The zero-order valence-electron chi connectivity index (χ0n) is 10.7. The van der Waals surface area contributed by atoms with Gasteiger partial charge in [-0.15, -0.1) is 0 Å². The Hall–Kier alpha value is -0.530. The van der Waals surface area contributed by atoms with E-state index in [1.54, 1.807) is 0 Å². The maximum atomic E-state index is 12.4. The van der Waals surface area contributed by atoms with Gasteiger partial charge in [-0.05, 0) is 37.7 Å². The molecule has 0 N–H and O–H groups in total. The van der Waals surface area contributed by atoms with Gasteiger partial charge in [0, 0.05) is 6.92 Å². The molecule has 0 bridgehead atoms. The van der Waals surface area contributed by atoms with Crippen LogP contribution >= 0.6 is 0 Å². The summed E-state index contributed by atoms with van der Waals surface area (Å²) in [6.45, 7) is 9.99. The van der Waals surface area contributed by atoms with E-state index in [1.165, 1.54) is 13.3 Å². The molecular formula is C13H25FO. The van der Waals surface area contributed by atoms with Gasteiger partial charge >= 0.3 is 0 Å². The third-order valence-electron chi connectivity index (χ3n) is 2.78. The second kappa shape index (κ2) is 7.72. The molecular weight excluding hydrogens is 191 g/mol. The highest BCUT2D eigenvalue weighted by Crippen LogP contribution is 2.17. The molecule has 2 heteroatoms. The molecule has 0 amide bonds. The Kier molecular flexibility index (Phi) is 7.45. The summed E-state index contributed by atoms with van der Waals surface area (Å²) in [5, 5.41) is 0. The minimum Gasteiger partial charge on any atom is -0.466 e. The first-order chi connectivity index (χ1) is 6.93. The van der Waals surface area contributed by atoms with E-state index in [1.807, 2.05) is 13.0 Å². The molecule has 0 aromatic rings. The van der Waals surface area contributed by atoms with E-state index in [4.69, 9.17) is 4.74 Å². The average Bonchev–Trinajstić information content (AvgIpc) is 2.10. The van der Waals surface area contributed by atoms with Crippen molar-refractivity contribution >= 4 is 0 Å². The number of hydrogen-bond donors (Lipinski definition) is 0. The standard InChI is InChI=1S/C13H25FO/c1-10(2)11(3)8-6-7-9-12(4)15-13(5)14/h9-11,13H,6-8H2,1-5H3. The minimum absolute atomic E-state index is 0.696. The van der Waals surface area contributed by atoms with E-state index in [0.717, 1.165) is 24.7 Å². The zero-order chi connectivity index (χ0) is 11.8. The highest BCUT2D eigenvalue weighted by atomic mass is 19.1.